The van der Waals surface area contributed by atoms with Crippen LogP contribution in [0, 0.1) is 13.8 Å². The largest absolute Gasteiger partial charge is 0.447 e. The minimum Gasteiger partial charge on any atom is -0.447 e. The van der Waals surface area contributed by atoms with E-state index in [0.29, 0.717) is 5.69 Å². The Morgan fingerprint density at radius 3 is 2.14 bits per heavy atom. The molecule has 7 heteroatoms. The monoisotopic (exact) mass is 476 g/mol. The van der Waals surface area contributed by atoms with E-state index in [0.717, 1.165) is 28.2 Å². The number of para-hydroxylation sites is 2. The number of aromatic nitrogens is 2. The molecule has 3 aromatic carbocycles. The molecule has 7 nitrogen and oxygen atoms in total. The van der Waals surface area contributed by atoms with Crippen LogP contribution in [-0.2, 0) is 15.1 Å². The van der Waals surface area contributed by atoms with Gasteiger partial charge in [0.2, 0.25) is 6.10 Å². The number of amides is 2. The van der Waals surface area contributed by atoms with E-state index < -0.39 is 11.6 Å². The molecule has 1 saturated heterocycles. The maximum Gasteiger partial charge on any atom is 0.317 e. The molecule has 0 spiro atoms. The fourth-order valence-corrected chi connectivity index (χ4v) is 5.39. The molecular formula is C29H24N4O3. The van der Waals surface area contributed by atoms with Crippen molar-refractivity contribution in [2.45, 2.75) is 25.5 Å². The number of carbonyl (C=O) groups is 2. The van der Waals surface area contributed by atoms with Gasteiger partial charge in [0.05, 0.1) is 5.69 Å². The summed E-state index contributed by atoms with van der Waals surface area (Å²) >= 11 is 0. The van der Waals surface area contributed by atoms with E-state index in [9.17, 15) is 9.59 Å². The molecule has 6 rings (SSSR count). The Morgan fingerprint density at radius 2 is 1.44 bits per heavy atom. The Bertz CT molecular complexity index is 1450. The fraction of sp³-hybridized carbons (Fsp3) is 0.172. The molecule has 2 aliphatic rings. The van der Waals surface area contributed by atoms with Gasteiger partial charge < -0.3 is 9.64 Å². The van der Waals surface area contributed by atoms with E-state index in [1.54, 1.807) is 9.80 Å². The summed E-state index contributed by atoms with van der Waals surface area (Å²) in [6.45, 7) is 3.63. The van der Waals surface area contributed by atoms with Crippen molar-refractivity contribution in [3.63, 3.8) is 0 Å². The van der Waals surface area contributed by atoms with Crippen LogP contribution in [0.1, 0.15) is 22.5 Å². The number of rotatable bonds is 4. The smallest absolute Gasteiger partial charge is 0.317 e. The van der Waals surface area contributed by atoms with Crippen molar-refractivity contribution >= 4 is 23.2 Å². The van der Waals surface area contributed by atoms with Gasteiger partial charge in [-0.05, 0) is 43.7 Å². The van der Waals surface area contributed by atoms with Gasteiger partial charge in [-0.2, -0.15) is 0 Å². The number of hydrogen-bond donors (Lipinski definition) is 0. The molecule has 2 aliphatic heterocycles. The first kappa shape index (κ1) is 22.0. The van der Waals surface area contributed by atoms with Gasteiger partial charge in [0.15, 0.2) is 0 Å². The molecule has 0 unspecified atom stereocenters. The second kappa shape index (κ2) is 8.30. The molecule has 2 atom stereocenters. The molecule has 0 bridgehead atoms. The Labute approximate surface area is 209 Å². The lowest BCUT2D eigenvalue weighted by Crippen LogP contribution is -2.74. The van der Waals surface area contributed by atoms with Crippen LogP contribution in [0.15, 0.2) is 91.0 Å². The normalized spacial score (nSPS) is 20.8. The number of fused-ring (bicyclic) bond motifs is 3. The molecule has 0 N–H and O–H groups in total. The van der Waals surface area contributed by atoms with Crippen LogP contribution in [0.3, 0.4) is 0 Å². The number of hydrogen-bond acceptors (Lipinski definition) is 5. The lowest BCUT2D eigenvalue weighted by atomic mass is 9.69. The third-order valence-electron chi connectivity index (χ3n) is 6.81. The number of aryl methyl sites for hydroxylation is 2. The highest BCUT2D eigenvalue weighted by Crippen LogP contribution is 2.53. The zero-order chi connectivity index (χ0) is 24.9. The van der Waals surface area contributed by atoms with Crippen molar-refractivity contribution in [2.24, 2.45) is 0 Å². The molecule has 2 amide bonds. The Balaban J connectivity index is 1.59. The molecule has 4 aromatic rings. The minimum absolute atomic E-state index is 0.0924. The first-order valence-electron chi connectivity index (χ1n) is 11.8. The zero-order valence-corrected chi connectivity index (χ0v) is 20.0. The summed E-state index contributed by atoms with van der Waals surface area (Å²) in [6.07, 6.45) is -0.939. The minimum atomic E-state index is -1.03. The van der Waals surface area contributed by atoms with Crippen molar-refractivity contribution in [1.82, 2.24) is 14.9 Å². The lowest BCUT2D eigenvalue weighted by molar-refractivity contribution is -0.178. The number of ether oxygens (including phenoxy) is 1. The third-order valence-corrected chi connectivity index (χ3v) is 6.81. The van der Waals surface area contributed by atoms with E-state index in [1.165, 1.54) is 0 Å². The Morgan fingerprint density at radius 1 is 0.833 bits per heavy atom. The molecule has 3 heterocycles. The van der Waals surface area contributed by atoms with Crippen molar-refractivity contribution < 1.29 is 14.3 Å². The van der Waals surface area contributed by atoms with E-state index in [4.69, 9.17) is 4.74 Å². The number of benzene rings is 3. The molecule has 36 heavy (non-hydrogen) atoms. The standard InChI is InChI=1S/C29H24N4O3/c1-19-17-20(2)31-28(30-19)36-26-27(35)32-18-25(34)33(22-13-7-4-8-14-22)24-16-10-9-15-23(24)29(26,32)21-11-5-3-6-12-21/h3-17,26H,18H2,1-2H3/t26-,29+/m1/s1. The highest BCUT2D eigenvalue weighted by molar-refractivity contribution is 6.08. The van der Waals surface area contributed by atoms with E-state index in [2.05, 4.69) is 9.97 Å². The van der Waals surface area contributed by atoms with Gasteiger partial charge in [0.25, 0.3) is 11.8 Å². The van der Waals surface area contributed by atoms with Crippen LogP contribution in [0.5, 0.6) is 6.01 Å². The van der Waals surface area contributed by atoms with E-state index >= 15 is 0 Å². The van der Waals surface area contributed by atoms with E-state index in [-0.39, 0.29) is 24.4 Å². The first-order chi connectivity index (χ1) is 17.5. The second-order valence-corrected chi connectivity index (χ2v) is 9.07. The average molecular weight is 477 g/mol. The number of anilines is 2. The fourth-order valence-electron chi connectivity index (χ4n) is 5.39. The number of nitrogens with zero attached hydrogens (tertiary/aromatic N) is 4. The molecular weight excluding hydrogens is 452 g/mol. The summed E-state index contributed by atoms with van der Waals surface area (Å²) in [5.41, 5.74) is 3.58. The van der Waals surface area contributed by atoms with Crippen LogP contribution < -0.4 is 9.64 Å². The topological polar surface area (TPSA) is 75.6 Å². The van der Waals surface area contributed by atoms with Crippen LogP contribution in [0.2, 0.25) is 0 Å². The summed E-state index contributed by atoms with van der Waals surface area (Å²) in [6, 6.07) is 28.9. The van der Waals surface area contributed by atoms with Gasteiger partial charge in [-0.3, -0.25) is 14.5 Å². The third kappa shape index (κ3) is 3.20. The molecule has 0 radical (unpaired) electrons. The van der Waals surface area contributed by atoms with Crippen LogP contribution in [0.4, 0.5) is 11.4 Å². The highest BCUT2D eigenvalue weighted by Gasteiger charge is 2.67. The Kier molecular flexibility index (Phi) is 5.07. The summed E-state index contributed by atoms with van der Waals surface area (Å²) < 4.78 is 6.30. The lowest BCUT2D eigenvalue weighted by Gasteiger charge is -2.55. The quantitative estimate of drug-likeness (QED) is 0.411. The van der Waals surface area contributed by atoms with Gasteiger partial charge in [0, 0.05) is 22.6 Å². The van der Waals surface area contributed by atoms with Crippen LogP contribution >= 0.6 is 0 Å². The van der Waals surface area contributed by atoms with Gasteiger partial charge >= 0.3 is 6.01 Å². The maximum atomic E-state index is 13.7. The summed E-state index contributed by atoms with van der Waals surface area (Å²) in [4.78, 5) is 39.6. The molecule has 178 valence electrons. The Hall–Kier alpha value is -4.52. The van der Waals surface area contributed by atoms with Crippen LogP contribution in [0.25, 0.3) is 0 Å². The van der Waals surface area contributed by atoms with Gasteiger partial charge in [-0.25, -0.2) is 9.97 Å². The van der Waals surface area contributed by atoms with Crippen molar-refractivity contribution in [2.75, 3.05) is 11.4 Å². The van der Waals surface area contributed by atoms with Gasteiger partial charge in [-0.1, -0.05) is 66.7 Å². The molecule has 1 fully saturated rings. The highest BCUT2D eigenvalue weighted by atomic mass is 16.5. The number of carbonyl (C=O) groups excluding carboxylic acids is 2. The predicted octanol–water partition coefficient (Wildman–Crippen LogP) is 4.31. The predicted molar refractivity (Wildman–Crippen MR) is 135 cm³/mol. The van der Waals surface area contributed by atoms with Gasteiger partial charge in [-0.15, -0.1) is 0 Å². The van der Waals surface area contributed by atoms with Crippen molar-refractivity contribution in [1.29, 1.82) is 0 Å². The van der Waals surface area contributed by atoms with Crippen LogP contribution in [-0.4, -0.2) is 39.3 Å². The summed E-state index contributed by atoms with van der Waals surface area (Å²) in [5.74, 6) is -0.472. The zero-order valence-electron chi connectivity index (χ0n) is 20.0. The molecule has 1 aromatic heterocycles. The van der Waals surface area contributed by atoms with Crippen molar-refractivity contribution in [3.8, 4) is 6.01 Å². The SMILES string of the molecule is Cc1cc(C)nc(O[C@@H]2C(=O)N3CC(=O)N(c4ccccc4)c4ccccc4[C@@]23c2ccccc2)n1. The summed E-state index contributed by atoms with van der Waals surface area (Å²) in [5, 5.41) is 0. The first-order valence-corrected chi connectivity index (χ1v) is 11.8. The molecule has 0 saturated carbocycles. The average Bonchev–Trinajstić information content (AvgIpc) is 2.98. The second-order valence-electron chi connectivity index (χ2n) is 9.07. The van der Waals surface area contributed by atoms with E-state index in [1.807, 2.05) is 105 Å². The maximum absolute atomic E-state index is 13.7. The summed E-state index contributed by atoms with van der Waals surface area (Å²) in [7, 11) is 0. The van der Waals surface area contributed by atoms with Crippen molar-refractivity contribution in [3.05, 3.63) is 114 Å². The van der Waals surface area contributed by atoms with Gasteiger partial charge in [0.1, 0.15) is 12.1 Å². The number of β-lactam (4-membered cyclic amide) rings is 1. The molecule has 0 aliphatic carbocycles.